The number of hydrogen-bond acceptors (Lipinski definition) is 3. The molecule has 0 bridgehead atoms. The maximum absolute atomic E-state index is 10.9. The van der Waals surface area contributed by atoms with Crippen molar-refractivity contribution < 1.29 is 4.21 Å². The van der Waals surface area contributed by atoms with E-state index in [-0.39, 0.29) is 0 Å². The second-order valence-electron chi connectivity index (χ2n) is 2.84. The van der Waals surface area contributed by atoms with E-state index in [4.69, 9.17) is 0 Å². The topological polar surface area (TPSA) is 29.1 Å². The zero-order chi connectivity index (χ0) is 9.40. The van der Waals surface area contributed by atoms with E-state index in [0.29, 0.717) is 5.25 Å². The van der Waals surface area contributed by atoms with Crippen LogP contribution in [0.15, 0.2) is 0 Å². The third-order valence-electron chi connectivity index (χ3n) is 1.78. The Bertz CT molecular complexity index is 130. The van der Waals surface area contributed by atoms with Crippen LogP contribution in [-0.2, 0) is 10.8 Å². The molecule has 2 atom stereocenters. The summed E-state index contributed by atoms with van der Waals surface area (Å²) < 4.78 is 10.9. The molecular weight excluding hydrogens is 190 g/mol. The van der Waals surface area contributed by atoms with Gasteiger partial charge in [0, 0.05) is 34.6 Å². The second kappa shape index (κ2) is 8.08. The van der Waals surface area contributed by atoms with Crippen molar-refractivity contribution in [2.24, 2.45) is 0 Å². The minimum Gasteiger partial charge on any atom is -0.316 e. The van der Waals surface area contributed by atoms with Gasteiger partial charge in [0.2, 0.25) is 0 Å². The molecule has 0 aliphatic heterocycles. The van der Waals surface area contributed by atoms with E-state index in [2.05, 4.69) is 11.6 Å². The Hall–Kier alpha value is 0.460. The van der Waals surface area contributed by atoms with Gasteiger partial charge in [-0.15, -0.1) is 0 Å². The van der Waals surface area contributed by atoms with E-state index < -0.39 is 10.8 Å². The van der Waals surface area contributed by atoms with Gasteiger partial charge in [-0.25, -0.2) is 0 Å². The molecule has 0 saturated carbocycles. The molecule has 0 rings (SSSR count). The van der Waals surface area contributed by atoms with Crippen LogP contribution in [-0.4, -0.2) is 40.8 Å². The van der Waals surface area contributed by atoms with Crippen LogP contribution in [0, 0.1) is 0 Å². The molecule has 0 aromatic carbocycles. The van der Waals surface area contributed by atoms with Crippen molar-refractivity contribution in [1.82, 2.24) is 5.32 Å². The standard InChI is InChI=1S/C8H19NOS2/c1-8(12(3)10)4-5-9-6-7-11-2/h8-9H,4-7H2,1-3H3. The van der Waals surface area contributed by atoms with Gasteiger partial charge < -0.3 is 5.32 Å². The van der Waals surface area contributed by atoms with Gasteiger partial charge in [0.15, 0.2) is 0 Å². The fourth-order valence-corrected chi connectivity index (χ4v) is 1.57. The summed E-state index contributed by atoms with van der Waals surface area (Å²) in [6.45, 7) is 4.08. The maximum atomic E-state index is 10.9. The molecule has 0 amide bonds. The maximum Gasteiger partial charge on any atom is 0.0329 e. The molecule has 2 nitrogen and oxygen atoms in total. The molecule has 0 aromatic rings. The lowest BCUT2D eigenvalue weighted by Crippen LogP contribution is -2.23. The third-order valence-corrected chi connectivity index (χ3v) is 3.76. The smallest absolute Gasteiger partial charge is 0.0329 e. The second-order valence-corrected chi connectivity index (χ2v) is 5.63. The van der Waals surface area contributed by atoms with Crippen molar-refractivity contribution in [3.63, 3.8) is 0 Å². The molecule has 0 aliphatic rings. The first kappa shape index (κ1) is 12.5. The van der Waals surface area contributed by atoms with Crippen molar-refractivity contribution in [2.45, 2.75) is 18.6 Å². The number of rotatable bonds is 7. The van der Waals surface area contributed by atoms with E-state index in [1.54, 1.807) is 6.26 Å². The lowest BCUT2D eigenvalue weighted by atomic mass is 10.3. The summed E-state index contributed by atoms with van der Waals surface area (Å²) in [6, 6.07) is 0. The normalized spacial score (nSPS) is 15.9. The van der Waals surface area contributed by atoms with Crippen molar-refractivity contribution in [1.29, 1.82) is 0 Å². The summed E-state index contributed by atoms with van der Waals surface area (Å²) >= 11 is 1.84. The summed E-state index contributed by atoms with van der Waals surface area (Å²) in [7, 11) is -0.663. The highest BCUT2D eigenvalue weighted by molar-refractivity contribution is 7.98. The fourth-order valence-electron chi connectivity index (χ4n) is 0.771. The van der Waals surface area contributed by atoms with Crippen LogP contribution in [0.25, 0.3) is 0 Å². The van der Waals surface area contributed by atoms with Gasteiger partial charge >= 0.3 is 0 Å². The van der Waals surface area contributed by atoms with E-state index in [9.17, 15) is 4.21 Å². The molecule has 0 spiro atoms. The molecule has 0 saturated heterocycles. The molecule has 4 heteroatoms. The summed E-state index contributed by atoms with van der Waals surface area (Å²) in [5, 5.41) is 3.64. The first-order valence-corrected chi connectivity index (χ1v) is 7.22. The Balaban J connectivity index is 3.14. The molecule has 0 heterocycles. The van der Waals surface area contributed by atoms with Crippen LogP contribution in [0.3, 0.4) is 0 Å². The van der Waals surface area contributed by atoms with Crippen molar-refractivity contribution in [3.8, 4) is 0 Å². The highest BCUT2D eigenvalue weighted by atomic mass is 32.2. The van der Waals surface area contributed by atoms with Crippen molar-refractivity contribution >= 4 is 22.6 Å². The van der Waals surface area contributed by atoms with Crippen LogP contribution < -0.4 is 5.32 Å². The van der Waals surface area contributed by atoms with E-state index in [1.165, 1.54) is 0 Å². The lowest BCUT2D eigenvalue weighted by molar-refractivity contribution is 0.643. The van der Waals surface area contributed by atoms with Crippen molar-refractivity contribution in [2.75, 3.05) is 31.4 Å². The first-order chi connectivity index (χ1) is 5.68. The summed E-state index contributed by atoms with van der Waals surface area (Å²) in [6.07, 6.45) is 4.88. The van der Waals surface area contributed by atoms with Gasteiger partial charge in [-0.05, 0) is 19.2 Å². The Morgan fingerprint density at radius 2 is 2.17 bits per heavy atom. The molecule has 2 unspecified atom stereocenters. The van der Waals surface area contributed by atoms with Gasteiger partial charge in [-0.1, -0.05) is 6.92 Å². The van der Waals surface area contributed by atoms with Crippen LogP contribution >= 0.6 is 11.8 Å². The van der Waals surface area contributed by atoms with Crippen LogP contribution in [0.5, 0.6) is 0 Å². The zero-order valence-corrected chi connectivity index (χ0v) is 9.76. The quantitative estimate of drug-likeness (QED) is 0.637. The largest absolute Gasteiger partial charge is 0.316 e. The minimum absolute atomic E-state index is 0.326. The average Bonchev–Trinajstić information content (AvgIpc) is 2.03. The predicted octanol–water partition coefficient (Wildman–Crippen LogP) is 1.10. The average molecular weight is 209 g/mol. The fraction of sp³-hybridized carbons (Fsp3) is 1.00. The molecule has 0 aromatic heterocycles. The monoisotopic (exact) mass is 209 g/mol. The number of nitrogens with one attached hydrogen (secondary N) is 1. The molecule has 12 heavy (non-hydrogen) atoms. The molecular formula is C8H19NOS2. The van der Waals surface area contributed by atoms with Gasteiger partial charge in [0.1, 0.15) is 0 Å². The van der Waals surface area contributed by atoms with Gasteiger partial charge in [-0.3, -0.25) is 4.21 Å². The van der Waals surface area contributed by atoms with Crippen molar-refractivity contribution in [3.05, 3.63) is 0 Å². The number of hydrogen-bond donors (Lipinski definition) is 1. The summed E-state index contributed by atoms with van der Waals surface area (Å²) in [4.78, 5) is 0. The Labute approximate surface area is 82.3 Å². The number of thioether (sulfide) groups is 1. The van der Waals surface area contributed by atoms with Gasteiger partial charge in [0.05, 0.1) is 0 Å². The van der Waals surface area contributed by atoms with E-state index >= 15 is 0 Å². The highest BCUT2D eigenvalue weighted by Crippen LogP contribution is 1.97. The molecule has 0 radical (unpaired) electrons. The third kappa shape index (κ3) is 7.13. The molecule has 0 aliphatic carbocycles. The summed E-state index contributed by atoms with van der Waals surface area (Å²) in [5.74, 6) is 1.16. The Morgan fingerprint density at radius 1 is 1.50 bits per heavy atom. The summed E-state index contributed by atoms with van der Waals surface area (Å²) in [5.41, 5.74) is 0. The van der Waals surface area contributed by atoms with Gasteiger partial charge in [-0.2, -0.15) is 11.8 Å². The Kier molecular flexibility index (Phi) is 8.39. The minimum atomic E-state index is -0.663. The van der Waals surface area contributed by atoms with Gasteiger partial charge in [0.25, 0.3) is 0 Å². The van der Waals surface area contributed by atoms with Crippen LogP contribution in [0.1, 0.15) is 13.3 Å². The zero-order valence-electron chi connectivity index (χ0n) is 8.13. The highest BCUT2D eigenvalue weighted by Gasteiger charge is 2.03. The molecule has 0 fully saturated rings. The SMILES string of the molecule is CSCCNCCC(C)S(C)=O. The van der Waals surface area contributed by atoms with Crippen LogP contribution in [0.4, 0.5) is 0 Å². The van der Waals surface area contributed by atoms with E-state index in [0.717, 1.165) is 25.3 Å². The lowest BCUT2D eigenvalue weighted by Gasteiger charge is -2.08. The predicted molar refractivity (Wildman–Crippen MR) is 59.4 cm³/mol. The van der Waals surface area contributed by atoms with E-state index in [1.807, 2.05) is 18.7 Å². The molecule has 74 valence electrons. The first-order valence-electron chi connectivity index (χ1n) is 4.20. The Morgan fingerprint density at radius 3 is 2.67 bits per heavy atom. The molecule has 1 N–H and O–H groups in total. The van der Waals surface area contributed by atoms with Crippen LogP contribution in [0.2, 0.25) is 0 Å².